The van der Waals surface area contributed by atoms with Crippen molar-refractivity contribution in [2.75, 3.05) is 5.32 Å². The molecule has 1 aliphatic heterocycles. The van der Waals surface area contributed by atoms with E-state index in [1.54, 1.807) is 12.1 Å². The molecule has 1 heterocycles. The predicted octanol–water partition coefficient (Wildman–Crippen LogP) is 1.68. The lowest BCUT2D eigenvalue weighted by Crippen LogP contribution is -2.18. The molecule has 2 N–H and O–H groups in total. The third-order valence-corrected chi connectivity index (χ3v) is 3.35. The molecule has 1 aliphatic carbocycles. The highest BCUT2D eigenvalue weighted by Crippen LogP contribution is 2.57. The largest absolute Gasteiger partial charge is 0.508 e. The number of phenols is 1. The summed E-state index contributed by atoms with van der Waals surface area (Å²) in [6.45, 7) is 1.87. The van der Waals surface area contributed by atoms with Crippen molar-refractivity contribution in [1.82, 2.24) is 0 Å². The fourth-order valence-electron chi connectivity index (χ4n) is 2.38. The number of aromatic hydroxyl groups is 1. The van der Waals surface area contributed by atoms with Crippen LogP contribution in [0.15, 0.2) is 12.1 Å². The first kappa shape index (κ1) is 7.85. The fourth-order valence-corrected chi connectivity index (χ4v) is 2.38. The van der Waals surface area contributed by atoms with E-state index in [1.807, 2.05) is 6.92 Å². The van der Waals surface area contributed by atoms with Crippen LogP contribution in [0.25, 0.3) is 0 Å². The summed E-state index contributed by atoms with van der Waals surface area (Å²) >= 11 is 0. The minimum absolute atomic E-state index is 0.0983. The second kappa shape index (κ2) is 2.11. The lowest BCUT2D eigenvalue weighted by Gasteiger charge is -2.09. The zero-order valence-corrected chi connectivity index (χ0v) is 7.92. The van der Waals surface area contributed by atoms with Gasteiger partial charge in [0.25, 0.3) is 0 Å². The number of hydrogen-bond acceptors (Lipinski definition) is 2. The molecule has 14 heavy (non-hydrogen) atoms. The van der Waals surface area contributed by atoms with Crippen LogP contribution in [0.5, 0.6) is 5.75 Å². The standard InChI is InChI=1S/C11H11NO2/c1-6-8(13)3-2-7-9(6)11(4-5-11)10(14)12-7/h2-3,13H,4-5H2,1H3,(H,12,14). The number of fused-ring (bicyclic) bond motifs is 2. The second-order valence-electron chi connectivity index (χ2n) is 4.17. The van der Waals surface area contributed by atoms with Gasteiger partial charge in [0.1, 0.15) is 5.75 Å². The quantitative estimate of drug-likeness (QED) is 0.610. The zero-order chi connectivity index (χ0) is 9.92. The molecule has 0 unspecified atom stereocenters. The Morgan fingerprint density at radius 3 is 2.79 bits per heavy atom. The SMILES string of the molecule is Cc1c(O)ccc2c1C1(CC1)C(=O)N2. The summed E-state index contributed by atoms with van der Waals surface area (Å²) < 4.78 is 0. The predicted molar refractivity (Wildman–Crippen MR) is 52.4 cm³/mol. The Morgan fingerprint density at radius 1 is 1.43 bits per heavy atom. The number of amides is 1. The summed E-state index contributed by atoms with van der Waals surface area (Å²) in [5.41, 5.74) is 2.45. The van der Waals surface area contributed by atoms with Crippen molar-refractivity contribution in [3.8, 4) is 5.75 Å². The Hall–Kier alpha value is -1.51. The lowest BCUT2D eigenvalue weighted by atomic mass is 9.93. The smallest absolute Gasteiger partial charge is 0.235 e. The van der Waals surface area contributed by atoms with Crippen LogP contribution < -0.4 is 5.32 Å². The van der Waals surface area contributed by atoms with Gasteiger partial charge in [-0.05, 0) is 43.0 Å². The number of carbonyl (C=O) groups is 1. The molecular formula is C11H11NO2. The van der Waals surface area contributed by atoms with Gasteiger partial charge in [-0.15, -0.1) is 0 Å². The van der Waals surface area contributed by atoms with Crippen molar-refractivity contribution < 1.29 is 9.90 Å². The third-order valence-electron chi connectivity index (χ3n) is 3.35. The molecule has 3 heteroatoms. The number of rotatable bonds is 0. The third kappa shape index (κ3) is 0.710. The highest BCUT2D eigenvalue weighted by Gasteiger charge is 2.57. The molecule has 0 radical (unpaired) electrons. The Kier molecular flexibility index (Phi) is 1.18. The topological polar surface area (TPSA) is 49.3 Å². The van der Waals surface area contributed by atoms with Crippen LogP contribution in [0.1, 0.15) is 24.0 Å². The molecular weight excluding hydrogens is 178 g/mol. The summed E-state index contributed by atoms with van der Waals surface area (Å²) in [6, 6.07) is 3.42. The average Bonchev–Trinajstić information content (AvgIpc) is 2.87. The van der Waals surface area contributed by atoms with Crippen molar-refractivity contribution in [2.45, 2.75) is 25.2 Å². The molecule has 3 rings (SSSR count). The maximum Gasteiger partial charge on any atom is 0.235 e. The molecule has 1 amide bonds. The highest BCUT2D eigenvalue weighted by atomic mass is 16.3. The van der Waals surface area contributed by atoms with E-state index in [4.69, 9.17) is 0 Å². The highest BCUT2D eigenvalue weighted by molar-refractivity contribution is 6.09. The van der Waals surface area contributed by atoms with Gasteiger partial charge < -0.3 is 10.4 Å². The number of carbonyl (C=O) groups excluding carboxylic acids is 1. The summed E-state index contributed by atoms with van der Waals surface area (Å²) in [6.07, 6.45) is 1.83. The molecule has 0 saturated heterocycles. The molecule has 0 bridgehead atoms. The molecule has 0 atom stereocenters. The van der Waals surface area contributed by atoms with Gasteiger partial charge >= 0.3 is 0 Å². The van der Waals surface area contributed by atoms with Crippen LogP contribution in [0.4, 0.5) is 5.69 Å². The van der Waals surface area contributed by atoms with Crippen LogP contribution in [-0.2, 0) is 10.2 Å². The molecule has 1 fully saturated rings. The Morgan fingerprint density at radius 2 is 2.14 bits per heavy atom. The molecule has 0 aromatic heterocycles. The van der Waals surface area contributed by atoms with Crippen LogP contribution >= 0.6 is 0 Å². The molecule has 1 spiro atoms. The molecule has 1 aromatic carbocycles. The van der Waals surface area contributed by atoms with Gasteiger partial charge in [-0.25, -0.2) is 0 Å². The van der Waals surface area contributed by atoms with Gasteiger partial charge in [0.2, 0.25) is 5.91 Å². The number of hydrogen-bond donors (Lipinski definition) is 2. The maximum absolute atomic E-state index is 11.7. The normalized spacial score (nSPS) is 20.8. The van der Waals surface area contributed by atoms with Gasteiger partial charge in [0.15, 0.2) is 0 Å². The van der Waals surface area contributed by atoms with Crippen molar-refractivity contribution in [1.29, 1.82) is 0 Å². The van der Waals surface area contributed by atoms with Crippen LogP contribution in [0.3, 0.4) is 0 Å². The van der Waals surface area contributed by atoms with E-state index < -0.39 is 0 Å². The van der Waals surface area contributed by atoms with Gasteiger partial charge in [0.05, 0.1) is 5.41 Å². The molecule has 1 aromatic rings. The molecule has 3 nitrogen and oxygen atoms in total. The van der Waals surface area contributed by atoms with Crippen LogP contribution in [0.2, 0.25) is 0 Å². The molecule has 1 saturated carbocycles. The maximum atomic E-state index is 11.7. The summed E-state index contributed by atoms with van der Waals surface area (Å²) in [5, 5.41) is 12.5. The number of anilines is 1. The van der Waals surface area contributed by atoms with Crippen molar-refractivity contribution in [3.63, 3.8) is 0 Å². The van der Waals surface area contributed by atoms with Gasteiger partial charge in [-0.2, -0.15) is 0 Å². The monoisotopic (exact) mass is 189 g/mol. The van der Waals surface area contributed by atoms with Crippen molar-refractivity contribution in [2.24, 2.45) is 0 Å². The van der Waals surface area contributed by atoms with Crippen molar-refractivity contribution >= 4 is 11.6 Å². The van der Waals surface area contributed by atoms with E-state index in [2.05, 4.69) is 5.32 Å². The van der Waals surface area contributed by atoms with Gasteiger partial charge in [-0.3, -0.25) is 4.79 Å². The van der Waals surface area contributed by atoms with Crippen LogP contribution in [-0.4, -0.2) is 11.0 Å². The Balaban J connectivity index is 2.31. The Labute approximate surface area is 81.8 Å². The van der Waals surface area contributed by atoms with Gasteiger partial charge in [-0.1, -0.05) is 0 Å². The van der Waals surface area contributed by atoms with Gasteiger partial charge in [0, 0.05) is 5.69 Å². The van der Waals surface area contributed by atoms with E-state index in [0.29, 0.717) is 0 Å². The van der Waals surface area contributed by atoms with E-state index in [0.717, 1.165) is 29.7 Å². The van der Waals surface area contributed by atoms with E-state index in [-0.39, 0.29) is 17.1 Å². The number of phenolic OH excluding ortho intramolecular Hbond substituents is 1. The first-order chi connectivity index (χ1) is 6.65. The minimum atomic E-state index is -0.293. The van der Waals surface area contributed by atoms with E-state index in [9.17, 15) is 9.90 Å². The fraction of sp³-hybridized carbons (Fsp3) is 0.364. The lowest BCUT2D eigenvalue weighted by molar-refractivity contribution is -0.117. The van der Waals surface area contributed by atoms with E-state index >= 15 is 0 Å². The molecule has 72 valence electrons. The number of benzene rings is 1. The van der Waals surface area contributed by atoms with E-state index in [1.165, 1.54) is 0 Å². The summed E-state index contributed by atoms with van der Waals surface area (Å²) in [4.78, 5) is 11.7. The first-order valence-electron chi connectivity index (χ1n) is 4.80. The number of nitrogens with one attached hydrogen (secondary N) is 1. The average molecular weight is 189 g/mol. The van der Waals surface area contributed by atoms with Crippen molar-refractivity contribution in [3.05, 3.63) is 23.3 Å². The zero-order valence-electron chi connectivity index (χ0n) is 7.92. The minimum Gasteiger partial charge on any atom is -0.508 e. The summed E-state index contributed by atoms with van der Waals surface area (Å²) in [7, 11) is 0. The Bertz CT molecular complexity index is 447. The first-order valence-corrected chi connectivity index (χ1v) is 4.80. The summed E-state index contributed by atoms with van der Waals surface area (Å²) in [5.74, 6) is 0.382. The second-order valence-corrected chi connectivity index (χ2v) is 4.17. The molecule has 2 aliphatic rings. The van der Waals surface area contributed by atoms with Crippen LogP contribution in [0, 0.1) is 6.92 Å².